The van der Waals surface area contributed by atoms with E-state index >= 15 is 0 Å². The first-order valence-electron chi connectivity index (χ1n) is 6.40. The molecule has 0 spiro atoms. The van der Waals surface area contributed by atoms with Crippen LogP contribution >= 0.6 is 0 Å². The van der Waals surface area contributed by atoms with Gasteiger partial charge in [0, 0.05) is 13.1 Å². The summed E-state index contributed by atoms with van der Waals surface area (Å²) in [5.41, 5.74) is 0.795. The largest absolute Gasteiger partial charge is 0.493 e. The lowest BCUT2D eigenvalue weighted by Gasteiger charge is -2.16. The molecular formula is C14H19NO5. The van der Waals surface area contributed by atoms with Crippen molar-refractivity contribution in [1.82, 2.24) is 4.90 Å². The Hall–Kier alpha value is -1.79. The maximum atomic E-state index is 12.1. The van der Waals surface area contributed by atoms with E-state index in [4.69, 9.17) is 9.47 Å². The summed E-state index contributed by atoms with van der Waals surface area (Å²) in [7, 11) is 3.09. The summed E-state index contributed by atoms with van der Waals surface area (Å²) in [5.74, 6) is 1.04. The quantitative estimate of drug-likeness (QED) is 0.800. The van der Waals surface area contributed by atoms with E-state index in [1.54, 1.807) is 25.3 Å². The number of benzene rings is 1. The van der Waals surface area contributed by atoms with Crippen molar-refractivity contribution in [3.63, 3.8) is 0 Å². The Balaban J connectivity index is 2.05. The number of hydrogen-bond acceptors (Lipinski definition) is 5. The van der Waals surface area contributed by atoms with Crippen molar-refractivity contribution in [1.29, 1.82) is 0 Å². The molecule has 6 nitrogen and oxygen atoms in total. The van der Waals surface area contributed by atoms with Crippen molar-refractivity contribution >= 4 is 5.91 Å². The molecule has 20 heavy (non-hydrogen) atoms. The molecule has 0 bridgehead atoms. The zero-order valence-corrected chi connectivity index (χ0v) is 11.6. The van der Waals surface area contributed by atoms with Crippen LogP contribution < -0.4 is 9.47 Å². The number of β-amino-alcohol motifs (C(OH)–C–C–N with tert-alkyl or cyclic N) is 2. The van der Waals surface area contributed by atoms with Gasteiger partial charge in [-0.1, -0.05) is 6.07 Å². The fourth-order valence-corrected chi connectivity index (χ4v) is 2.25. The molecule has 0 radical (unpaired) electrons. The average molecular weight is 281 g/mol. The highest BCUT2D eigenvalue weighted by Crippen LogP contribution is 2.28. The van der Waals surface area contributed by atoms with Gasteiger partial charge in [-0.15, -0.1) is 0 Å². The zero-order valence-electron chi connectivity index (χ0n) is 11.6. The summed E-state index contributed by atoms with van der Waals surface area (Å²) in [5, 5.41) is 18.9. The van der Waals surface area contributed by atoms with Gasteiger partial charge in [-0.25, -0.2) is 0 Å². The molecule has 1 heterocycles. The number of methoxy groups -OCH3 is 2. The predicted octanol–water partition coefficient (Wildman–Crippen LogP) is -0.190. The number of carbonyl (C=O) groups is 1. The molecule has 0 aliphatic carbocycles. The second-order valence-corrected chi connectivity index (χ2v) is 4.80. The van der Waals surface area contributed by atoms with Crippen LogP contribution in [0.4, 0.5) is 0 Å². The molecule has 0 saturated carbocycles. The fraction of sp³-hybridized carbons (Fsp3) is 0.500. The van der Waals surface area contributed by atoms with Gasteiger partial charge in [-0.2, -0.15) is 0 Å². The van der Waals surface area contributed by atoms with Gasteiger partial charge in [0.05, 0.1) is 32.8 Å². The molecule has 2 N–H and O–H groups in total. The molecule has 1 aromatic carbocycles. The third-order valence-electron chi connectivity index (χ3n) is 3.42. The SMILES string of the molecule is COc1ccc(CC(=O)N2C[C@@H](O)[C@@H](O)C2)cc1OC. The molecule has 0 unspecified atom stereocenters. The Bertz CT molecular complexity index is 480. The summed E-state index contributed by atoms with van der Waals surface area (Å²) in [6.45, 7) is 0.348. The van der Waals surface area contributed by atoms with E-state index in [1.165, 1.54) is 12.0 Å². The van der Waals surface area contributed by atoms with E-state index in [9.17, 15) is 15.0 Å². The van der Waals surface area contributed by atoms with Gasteiger partial charge in [0.2, 0.25) is 5.91 Å². The molecule has 1 amide bonds. The number of amides is 1. The van der Waals surface area contributed by atoms with Crippen molar-refractivity contribution in [2.24, 2.45) is 0 Å². The first-order valence-corrected chi connectivity index (χ1v) is 6.40. The number of rotatable bonds is 4. The number of aliphatic hydroxyl groups is 2. The highest BCUT2D eigenvalue weighted by Gasteiger charge is 2.32. The van der Waals surface area contributed by atoms with Gasteiger partial charge in [0.15, 0.2) is 11.5 Å². The van der Waals surface area contributed by atoms with Gasteiger partial charge in [0.25, 0.3) is 0 Å². The minimum Gasteiger partial charge on any atom is -0.493 e. The van der Waals surface area contributed by atoms with Gasteiger partial charge >= 0.3 is 0 Å². The third kappa shape index (κ3) is 3.02. The van der Waals surface area contributed by atoms with E-state index < -0.39 is 12.2 Å². The number of hydrogen-bond donors (Lipinski definition) is 2. The van der Waals surface area contributed by atoms with Crippen molar-refractivity contribution < 1.29 is 24.5 Å². The average Bonchev–Trinajstić information content (AvgIpc) is 2.78. The first kappa shape index (κ1) is 14.6. The molecule has 1 aromatic rings. The van der Waals surface area contributed by atoms with Crippen LogP contribution in [0.3, 0.4) is 0 Å². The number of nitrogens with zero attached hydrogens (tertiary/aromatic N) is 1. The summed E-state index contributed by atoms with van der Waals surface area (Å²) in [4.78, 5) is 13.6. The maximum absolute atomic E-state index is 12.1. The maximum Gasteiger partial charge on any atom is 0.227 e. The van der Waals surface area contributed by atoms with E-state index in [0.717, 1.165) is 5.56 Å². The monoisotopic (exact) mass is 281 g/mol. The Morgan fingerprint density at radius 1 is 1.20 bits per heavy atom. The molecule has 1 aliphatic heterocycles. The van der Waals surface area contributed by atoms with Crippen LogP contribution in [0, 0.1) is 0 Å². The van der Waals surface area contributed by atoms with Crippen molar-refractivity contribution in [3.05, 3.63) is 23.8 Å². The second kappa shape index (κ2) is 6.11. The Morgan fingerprint density at radius 2 is 1.80 bits per heavy atom. The standard InChI is InChI=1S/C14H19NO5/c1-19-12-4-3-9(5-13(12)20-2)6-14(18)15-7-10(16)11(17)8-15/h3-5,10-11,16-17H,6-8H2,1-2H3/t10-,11+. The van der Waals surface area contributed by atoms with Crippen LogP contribution in [0.15, 0.2) is 18.2 Å². The number of ether oxygens (including phenoxy) is 2. The Kier molecular flexibility index (Phi) is 4.46. The predicted molar refractivity (Wildman–Crippen MR) is 71.8 cm³/mol. The molecule has 1 aliphatic rings. The van der Waals surface area contributed by atoms with Gasteiger partial charge in [-0.3, -0.25) is 4.79 Å². The Labute approximate surface area is 117 Å². The zero-order chi connectivity index (χ0) is 14.7. The molecule has 0 aromatic heterocycles. The highest BCUT2D eigenvalue weighted by molar-refractivity contribution is 5.79. The van der Waals surface area contributed by atoms with Crippen LogP contribution in [0.25, 0.3) is 0 Å². The van der Waals surface area contributed by atoms with Crippen molar-refractivity contribution in [2.45, 2.75) is 18.6 Å². The normalized spacial score (nSPS) is 21.9. The Morgan fingerprint density at radius 3 is 2.35 bits per heavy atom. The molecule has 2 atom stereocenters. The van der Waals surface area contributed by atoms with Crippen LogP contribution in [-0.2, 0) is 11.2 Å². The number of carbonyl (C=O) groups excluding carboxylic acids is 1. The van der Waals surface area contributed by atoms with Gasteiger partial charge in [0.1, 0.15) is 0 Å². The smallest absolute Gasteiger partial charge is 0.227 e. The lowest BCUT2D eigenvalue weighted by atomic mass is 10.1. The molecule has 110 valence electrons. The minimum atomic E-state index is -0.857. The van der Waals surface area contributed by atoms with Gasteiger partial charge in [-0.05, 0) is 17.7 Å². The molecule has 2 rings (SSSR count). The lowest BCUT2D eigenvalue weighted by Crippen LogP contribution is -2.31. The minimum absolute atomic E-state index is 0.132. The molecule has 1 saturated heterocycles. The first-order chi connectivity index (χ1) is 9.55. The topological polar surface area (TPSA) is 79.2 Å². The summed E-state index contributed by atoms with van der Waals surface area (Å²) in [6.07, 6.45) is -1.52. The summed E-state index contributed by atoms with van der Waals surface area (Å²) in [6, 6.07) is 5.29. The van der Waals surface area contributed by atoms with Gasteiger partial charge < -0.3 is 24.6 Å². The lowest BCUT2D eigenvalue weighted by molar-refractivity contribution is -0.129. The van der Waals surface area contributed by atoms with Crippen LogP contribution in [-0.4, -0.2) is 60.5 Å². The third-order valence-corrected chi connectivity index (χ3v) is 3.42. The molecule has 6 heteroatoms. The highest BCUT2D eigenvalue weighted by atomic mass is 16.5. The van der Waals surface area contributed by atoms with E-state index in [-0.39, 0.29) is 25.4 Å². The second-order valence-electron chi connectivity index (χ2n) is 4.80. The molecular weight excluding hydrogens is 262 g/mol. The van der Waals surface area contributed by atoms with E-state index in [0.29, 0.717) is 11.5 Å². The van der Waals surface area contributed by atoms with E-state index in [1.807, 2.05) is 0 Å². The van der Waals surface area contributed by atoms with Crippen LogP contribution in [0.1, 0.15) is 5.56 Å². The van der Waals surface area contributed by atoms with Crippen LogP contribution in [0.5, 0.6) is 11.5 Å². The number of likely N-dealkylation sites (tertiary alicyclic amines) is 1. The summed E-state index contributed by atoms with van der Waals surface area (Å²) < 4.78 is 10.3. The fourth-order valence-electron chi connectivity index (χ4n) is 2.25. The van der Waals surface area contributed by atoms with E-state index in [2.05, 4.69) is 0 Å². The van der Waals surface area contributed by atoms with Crippen LogP contribution in [0.2, 0.25) is 0 Å². The molecule has 1 fully saturated rings. The van der Waals surface area contributed by atoms with Crippen molar-refractivity contribution in [3.8, 4) is 11.5 Å². The van der Waals surface area contributed by atoms with Crippen molar-refractivity contribution in [2.75, 3.05) is 27.3 Å². The summed E-state index contributed by atoms with van der Waals surface area (Å²) >= 11 is 0. The number of aliphatic hydroxyl groups excluding tert-OH is 2.